The summed E-state index contributed by atoms with van der Waals surface area (Å²) in [6, 6.07) is 0. The monoisotopic (exact) mass is 466 g/mol. The molecule has 3 aliphatic carbocycles. The van der Waals surface area contributed by atoms with Gasteiger partial charge in [0.05, 0.1) is 17.8 Å². The Morgan fingerprint density at radius 3 is 2.65 bits per heavy atom. The lowest BCUT2D eigenvalue weighted by Gasteiger charge is -2.40. The molecule has 0 heterocycles. The molecule has 188 valence electrons. The number of hydrogen-bond acceptors (Lipinski definition) is 3. The predicted octanol–water partition coefficient (Wildman–Crippen LogP) is 6.55. The van der Waals surface area contributed by atoms with Gasteiger partial charge in [-0.05, 0) is 99.2 Å². The van der Waals surface area contributed by atoms with Crippen molar-refractivity contribution in [2.45, 2.75) is 123 Å². The third-order valence-corrected chi connectivity index (χ3v) is 9.00. The summed E-state index contributed by atoms with van der Waals surface area (Å²) in [5.74, 6) is 7.40. The molecule has 0 aromatic heterocycles. The minimum Gasteiger partial charge on any atom is -0.393 e. The van der Waals surface area contributed by atoms with Crippen molar-refractivity contribution in [3.05, 3.63) is 46.6 Å². The van der Waals surface area contributed by atoms with E-state index >= 15 is 0 Å². The van der Waals surface area contributed by atoms with E-state index in [4.69, 9.17) is 0 Å². The molecule has 3 rings (SSSR count). The number of rotatable bonds is 6. The molecule has 3 fully saturated rings. The average Bonchev–Trinajstić information content (AvgIpc) is 3.17. The van der Waals surface area contributed by atoms with Crippen LogP contribution in [0.5, 0.6) is 0 Å². The third kappa shape index (κ3) is 5.96. The number of hydrogen-bond donors (Lipinski definition) is 3. The molecule has 3 saturated carbocycles. The van der Waals surface area contributed by atoms with E-state index in [-0.39, 0.29) is 5.41 Å². The molecule has 34 heavy (non-hydrogen) atoms. The SMILES string of the molecule is C=C1/C(=C\C=C2/CCC[C@]3(C)/C(=C(\C)C#CCCCC(O)(CC)CC)CC[C@@H]23)C[C@@H](O)C[C@@H]1O. The molecule has 3 N–H and O–H groups in total. The van der Waals surface area contributed by atoms with Gasteiger partial charge in [0, 0.05) is 12.8 Å². The van der Waals surface area contributed by atoms with Gasteiger partial charge in [-0.3, -0.25) is 0 Å². The molecule has 4 atom stereocenters. The van der Waals surface area contributed by atoms with Crippen LogP contribution in [0.1, 0.15) is 105 Å². The van der Waals surface area contributed by atoms with Gasteiger partial charge < -0.3 is 15.3 Å². The first kappa shape index (κ1) is 27.0. The van der Waals surface area contributed by atoms with Gasteiger partial charge in [-0.25, -0.2) is 0 Å². The van der Waals surface area contributed by atoms with E-state index in [1.54, 1.807) is 0 Å². The maximum absolute atomic E-state index is 10.5. The Morgan fingerprint density at radius 1 is 1.21 bits per heavy atom. The Hall–Kier alpha value is -1.60. The normalized spacial score (nSPS) is 33.6. The van der Waals surface area contributed by atoms with Crippen molar-refractivity contribution < 1.29 is 15.3 Å². The lowest BCUT2D eigenvalue weighted by molar-refractivity contribution is 0.0221. The van der Waals surface area contributed by atoms with Crippen LogP contribution >= 0.6 is 0 Å². The van der Waals surface area contributed by atoms with Gasteiger partial charge in [-0.2, -0.15) is 0 Å². The molecule has 3 nitrogen and oxygen atoms in total. The van der Waals surface area contributed by atoms with Crippen LogP contribution in [-0.2, 0) is 0 Å². The van der Waals surface area contributed by atoms with Crippen LogP contribution in [0.4, 0.5) is 0 Å². The quantitative estimate of drug-likeness (QED) is 0.307. The molecule has 0 saturated heterocycles. The van der Waals surface area contributed by atoms with E-state index in [1.165, 1.54) is 36.0 Å². The summed E-state index contributed by atoms with van der Waals surface area (Å²) in [5.41, 5.74) is 5.68. The zero-order valence-corrected chi connectivity index (χ0v) is 21.9. The first-order valence-corrected chi connectivity index (χ1v) is 13.5. The molecule has 0 unspecified atom stereocenters. The number of aliphatic hydroxyl groups excluding tert-OH is 2. The molecule has 0 radical (unpaired) electrons. The fourth-order valence-electron chi connectivity index (χ4n) is 6.52. The van der Waals surface area contributed by atoms with Crippen molar-refractivity contribution >= 4 is 0 Å². The standard InChI is InChI=1S/C31H46O3/c1-6-31(34,7-2)19-10-8-9-12-22(3)27-16-17-28-24(13-11-18-30(27,28)5)14-15-25-20-26(32)21-29(33)23(25)4/h14-15,26,28-29,32-34H,4,6-8,10-11,13,16-21H2,1-3,5H3/b24-14+,25-15-,27-22+/t26-,28+,29+,30-/m1/s1. The zero-order valence-electron chi connectivity index (χ0n) is 21.9. The minimum absolute atomic E-state index is 0.175. The van der Waals surface area contributed by atoms with Crippen LogP contribution in [-0.4, -0.2) is 33.1 Å². The molecule has 0 aromatic rings. The summed E-state index contributed by atoms with van der Waals surface area (Å²) in [7, 11) is 0. The first-order valence-electron chi connectivity index (χ1n) is 13.5. The summed E-state index contributed by atoms with van der Waals surface area (Å²) in [4.78, 5) is 0. The molecular formula is C31H46O3. The van der Waals surface area contributed by atoms with E-state index in [0.717, 1.165) is 56.1 Å². The predicted molar refractivity (Wildman–Crippen MR) is 141 cm³/mol. The lowest BCUT2D eigenvalue weighted by atomic mass is 9.65. The van der Waals surface area contributed by atoms with Gasteiger partial charge in [-0.15, -0.1) is 0 Å². The second-order valence-electron chi connectivity index (χ2n) is 11.1. The Labute approximate surface area is 207 Å². The van der Waals surface area contributed by atoms with Gasteiger partial charge >= 0.3 is 0 Å². The number of unbranched alkanes of at least 4 members (excludes halogenated alkanes) is 1. The zero-order chi connectivity index (χ0) is 24.9. The largest absolute Gasteiger partial charge is 0.393 e. The second kappa shape index (κ2) is 11.4. The highest BCUT2D eigenvalue weighted by Gasteiger charge is 2.46. The van der Waals surface area contributed by atoms with Gasteiger partial charge in [0.15, 0.2) is 0 Å². The van der Waals surface area contributed by atoms with E-state index in [0.29, 0.717) is 18.8 Å². The number of allylic oxidation sites excluding steroid dienone is 5. The summed E-state index contributed by atoms with van der Waals surface area (Å²) < 4.78 is 0. The van der Waals surface area contributed by atoms with Crippen LogP contribution in [0.15, 0.2) is 46.6 Å². The van der Waals surface area contributed by atoms with Gasteiger partial charge in [0.1, 0.15) is 0 Å². The van der Waals surface area contributed by atoms with Crippen molar-refractivity contribution in [2.75, 3.05) is 0 Å². The Balaban J connectivity index is 1.71. The highest BCUT2D eigenvalue weighted by atomic mass is 16.3. The maximum Gasteiger partial charge on any atom is 0.0811 e. The topological polar surface area (TPSA) is 60.7 Å². The summed E-state index contributed by atoms with van der Waals surface area (Å²) in [6.07, 6.45) is 14.3. The molecule has 0 aliphatic heterocycles. The van der Waals surface area contributed by atoms with Gasteiger partial charge in [0.25, 0.3) is 0 Å². The van der Waals surface area contributed by atoms with E-state index in [9.17, 15) is 15.3 Å². The summed E-state index contributed by atoms with van der Waals surface area (Å²) >= 11 is 0. The molecule has 0 aromatic carbocycles. The fourth-order valence-corrected chi connectivity index (χ4v) is 6.52. The average molecular weight is 467 g/mol. The van der Waals surface area contributed by atoms with Crippen LogP contribution < -0.4 is 0 Å². The highest BCUT2D eigenvalue weighted by Crippen LogP contribution is 2.58. The van der Waals surface area contributed by atoms with Crippen molar-refractivity contribution in [1.29, 1.82) is 0 Å². The molecule has 0 amide bonds. The maximum atomic E-state index is 10.5. The minimum atomic E-state index is -0.634. The molecule has 3 aliphatic rings. The van der Waals surface area contributed by atoms with Crippen molar-refractivity contribution in [2.24, 2.45) is 11.3 Å². The molecular weight excluding hydrogens is 420 g/mol. The summed E-state index contributed by atoms with van der Waals surface area (Å²) in [5, 5.41) is 30.7. The van der Waals surface area contributed by atoms with E-state index < -0.39 is 17.8 Å². The second-order valence-corrected chi connectivity index (χ2v) is 11.1. The Kier molecular flexibility index (Phi) is 9.07. The van der Waals surface area contributed by atoms with Gasteiger partial charge in [-0.1, -0.05) is 62.5 Å². The fraction of sp³-hybridized carbons (Fsp3) is 0.677. The highest BCUT2D eigenvalue weighted by molar-refractivity contribution is 5.42. The molecule has 0 spiro atoms. The third-order valence-electron chi connectivity index (χ3n) is 9.00. The van der Waals surface area contributed by atoms with Crippen LogP contribution in [0.3, 0.4) is 0 Å². The number of aliphatic hydroxyl groups is 3. The van der Waals surface area contributed by atoms with Gasteiger partial charge in [0.2, 0.25) is 0 Å². The lowest BCUT2D eigenvalue weighted by Crippen LogP contribution is -2.29. The summed E-state index contributed by atoms with van der Waals surface area (Å²) in [6.45, 7) is 12.8. The Morgan fingerprint density at radius 2 is 1.94 bits per heavy atom. The van der Waals surface area contributed by atoms with Crippen molar-refractivity contribution in [3.8, 4) is 11.8 Å². The van der Waals surface area contributed by atoms with Crippen LogP contribution in [0, 0.1) is 23.2 Å². The van der Waals surface area contributed by atoms with Crippen LogP contribution in [0.25, 0.3) is 0 Å². The molecule has 3 heteroatoms. The van der Waals surface area contributed by atoms with Crippen molar-refractivity contribution in [1.82, 2.24) is 0 Å². The smallest absolute Gasteiger partial charge is 0.0811 e. The van der Waals surface area contributed by atoms with E-state index in [2.05, 4.69) is 58.3 Å². The van der Waals surface area contributed by atoms with E-state index in [1.807, 2.05) is 0 Å². The van der Waals surface area contributed by atoms with Crippen molar-refractivity contribution in [3.63, 3.8) is 0 Å². The number of fused-ring (bicyclic) bond motifs is 1. The Bertz CT molecular complexity index is 905. The first-order chi connectivity index (χ1) is 16.1. The molecule has 0 bridgehead atoms. The van der Waals surface area contributed by atoms with Crippen LogP contribution in [0.2, 0.25) is 0 Å².